The summed E-state index contributed by atoms with van der Waals surface area (Å²) >= 11 is 9.34. The normalized spacial score (nSPS) is 10.6. The second kappa shape index (κ2) is 4.30. The van der Waals surface area contributed by atoms with E-state index in [4.69, 9.17) is 17.3 Å². The Morgan fingerprint density at radius 3 is 3.00 bits per heavy atom. The summed E-state index contributed by atoms with van der Waals surface area (Å²) in [6, 6.07) is 5.47. The summed E-state index contributed by atoms with van der Waals surface area (Å²) in [6.07, 6.45) is 1.63. The first-order valence-electron chi connectivity index (χ1n) is 4.27. The molecule has 0 spiro atoms. The first kappa shape index (κ1) is 10.6. The van der Waals surface area contributed by atoms with Gasteiger partial charge in [-0.1, -0.05) is 16.8 Å². The van der Waals surface area contributed by atoms with Crippen molar-refractivity contribution < 1.29 is 0 Å². The van der Waals surface area contributed by atoms with Crippen molar-refractivity contribution in [1.82, 2.24) is 15.0 Å². The lowest BCUT2D eigenvalue weighted by Gasteiger charge is -2.06. The van der Waals surface area contributed by atoms with Gasteiger partial charge in [-0.15, -0.1) is 5.10 Å². The van der Waals surface area contributed by atoms with Crippen LogP contribution in [0.25, 0.3) is 5.69 Å². The standard InChI is InChI=1S/C9H8BrClN4/c10-8-2-1-6(11)3-9(8)15-7(4-12)5-13-14-15/h1-3,5H,4,12H2. The Kier molecular flexibility index (Phi) is 3.04. The van der Waals surface area contributed by atoms with Crippen LogP contribution in [0.4, 0.5) is 0 Å². The summed E-state index contributed by atoms with van der Waals surface area (Å²) in [4.78, 5) is 0. The van der Waals surface area contributed by atoms with Gasteiger partial charge in [-0.05, 0) is 34.1 Å². The molecule has 2 aromatic rings. The quantitative estimate of drug-likeness (QED) is 0.920. The third-order valence-electron chi connectivity index (χ3n) is 1.97. The van der Waals surface area contributed by atoms with Gasteiger partial charge in [0.05, 0.1) is 17.6 Å². The van der Waals surface area contributed by atoms with E-state index in [2.05, 4.69) is 26.2 Å². The molecule has 0 radical (unpaired) electrons. The summed E-state index contributed by atoms with van der Waals surface area (Å²) in [5.41, 5.74) is 7.24. The lowest BCUT2D eigenvalue weighted by atomic mass is 10.3. The zero-order chi connectivity index (χ0) is 10.8. The van der Waals surface area contributed by atoms with E-state index in [-0.39, 0.29) is 0 Å². The lowest BCUT2D eigenvalue weighted by Crippen LogP contribution is -2.07. The van der Waals surface area contributed by atoms with Crippen molar-refractivity contribution >= 4 is 27.5 Å². The molecule has 1 aromatic carbocycles. The molecule has 0 saturated carbocycles. The van der Waals surface area contributed by atoms with E-state index in [9.17, 15) is 0 Å². The van der Waals surface area contributed by atoms with Gasteiger partial charge >= 0.3 is 0 Å². The minimum absolute atomic E-state index is 0.381. The number of benzene rings is 1. The summed E-state index contributed by atoms with van der Waals surface area (Å²) < 4.78 is 2.56. The Morgan fingerprint density at radius 1 is 1.47 bits per heavy atom. The van der Waals surface area contributed by atoms with Crippen LogP contribution in [-0.2, 0) is 6.54 Å². The van der Waals surface area contributed by atoms with Crippen molar-refractivity contribution in [3.63, 3.8) is 0 Å². The minimum atomic E-state index is 0.381. The highest BCUT2D eigenvalue weighted by Gasteiger charge is 2.08. The molecule has 0 bridgehead atoms. The summed E-state index contributed by atoms with van der Waals surface area (Å²) in [5, 5.41) is 8.41. The average Bonchev–Trinajstić information content (AvgIpc) is 2.69. The van der Waals surface area contributed by atoms with Crippen molar-refractivity contribution in [3.05, 3.63) is 39.6 Å². The van der Waals surface area contributed by atoms with Crippen LogP contribution in [-0.4, -0.2) is 15.0 Å². The molecule has 15 heavy (non-hydrogen) atoms. The Morgan fingerprint density at radius 2 is 2.27 bits per heavy atom. The number of rotatable bonds is 2. The van der Waals surface area contributed by atoms with E-state index < -0.39 is 0 Å². The molecule has 0 saturated heterocycles. The number of hydrogen-bond acceptors (Lipinski definition) is 3. The molecule has 0 aliphatic carbocycles. The fourth-order valence-corrected chi connectivity index (χ4v) is 1.83. The van der Waals surface area contributed by atoms with Gasteiger partial charge in [0, 0.05) is 16.0 Å². The minimum Gasteiger partial charge on any atom is -0.325 e. The summed E-state index contributed by atoms with van der Waals surface area (Å²) in [6.45, 7) is 0.381. The van der Waals surface area contributed by atoms with E-state index in [1.807, 2.05) is 6.07 Å². The molecule has 0 atom stereocenters. The highest BCUT2D eigenvalue weighted by Crippen LogP contribution is 2.24. The zero-order valence-electron chi connectivity index (χ0n) is 7.69. The van der Waals surface area contributed by atoms with Crippen LogP contribution in [0.2, 0.25) is 5.02 Å². The summed E-state index contributed by atoms with van der Waals surface area (Å²) in [7, 11) is 0. The van der Waals surface area contributed by atoms with Crippen LogP contribution in [0, 0.1) is 0 Å². The molecule has 1 heterocycles. The number of nitrogens with two attached hydrogens (primary N) is 1. The molecule has 0 aliphatic rings. The van der Waals surface area contributed by atoms with Crippen molar-refractivity contribution in [2.24, 2.45) is 5.73 Å². The first-order valence-corrected chi connectivity index (χ1v) is 5.44. The van der Waals surface area contributed by atoms with Crippen molar-refractivity contribution in [2.45, 2.75) is 6.54 Å². The topological polar surface area (TPSA) is 56.7 Å². The highest BCUT2D eigenvalue weighted by atomic mass is 79.9. The Hall–Kier alpha value is -0.910. The maximum atomic E-state index is 5.92. The molecule has 0 unspecified atom stereocenters. The molecule has 78 valence electrons. The van der Waals surface area contributed by atoms with Crippen LogP contribution in [0.3, 0.4) is 0 Å². The van der Waals surface area contributed by atoms with E-state index in [1.165, 1.54) is 0 Å². The number of hydrogen-bond donors (Lipinski definition) is 1. The highest BCUT2D eigenvalue weighted by molar-refractivity contribution is 9.10. The van der Waals surface area contributed by atoms with Crippen LogP contribution >= 0.6 is 27.5 Å². The molecule has 0 amide bonds. The van der Waals surface area contributed by atoms with E-state index in [1.54, 1.807) is 23.0 Å². The zero-order valence-corrected chi connectivity index (χ0v) is 10.0. The third kappa shape index (κ3) is 2.04. The van der Waals surface area contributed by atoms with E-state index >= 15 is 0 Å². The SMILES string of the molecule is NCc1cnnn1-c1cc(Cl)ccc1Br. The predicted molar refractivity (Wildman–Crippen MR) is 62.0 cm³/mol. The lowest BCUT2D eigenvalue weighted by molar-refractivity contribution is 0.759. The van der Waals surface area contributed by atoms with Gasteiger partial charge in [-0.25, -0.2) is 4.68 Å². The third-order valence-corrected chi connectivity index (χ3v) is 2.87. The maximum absolute atomic E-state index is 5.92. The van der Waals surface area contributed by atoms with Crippen molar-refractivity contribution in [2.75, 3.05) is 0 Å². The van der Waals surface area contributed by atoms with Crippen molar-refractivity contribution in [1.29, 1.82) is 0 Å². The summed E-state index contributed by atoms with van der Waals surface area (Å²) in [5.74, 6) is 0. The Bertz CT molecular complexity index is 483. The molecule has 1 aromatic heterocycles. The second-order valence-electron chi connectivity index (χ2n) is 2.94. The van der Waals surface area contributed by atoms with Crippen LogP contribution < -0.4 is 5.73 Å². The fourth-order valence-electron chi connectivity index (χ4n) is 1.25. The van der Waals surface area contributed by atoms with Crippen molar-refractivity contribution in [3.8, 4) is 5.69 Å². The van der Waals surface area contributed by atoms with Crippen LogP contribution in [0.1, 0.15) is 5.69 Å². The molecule has 0 fully saturated rings. The van der Waals surface area contributed by atoms with Gasteiger partial charge in [-0.2, -0.15) is 0 Å². The molecular weight excluding hydrogens is 279 g/mol. The van der Waals surface area contributed by atoms with Crippen LogP contribution in [0.15, 0.2) is 28.9 Å². The smallest absolute Gasteiger partial charge is 0.0824 e. The van der Waals surface area contributed by atoms with Crippen LogP contribution in [0.5, 0.6) is 0 Å². The fraction of sp³-hybridized carbons (Fsp3) is 0.111. The van der Waals surface area contributed by atoms with Gasteiger partial charge in [0.1, 0.15) is 0 Å². The molecular formula is C9H8BrClN4. The molecule has 4 nitrogen and oxygen atoms in total. The van der Waals surface area contributed by atoms with Gasteiger partial charge < -0.3 is 5.73 Å². The van der Waals surface area contributed by atoms with Gasteiger partial charge in [0.25, 0.3) is 0 Å². The monoisotopic (exact) mass is 286 g/mol. The Balaban J connectivity index is 2.58. The van der Waals surface area contributed by atoms with Gasteiger partial charge in [-0.3, -0.25) is 0 Å². The molecule has 2 N–H and O–H groups in total. The Labute approximate surface area is 100 Å². The number of halogens is 2. The molecule has 6 heteroatoms. The molecule has 0 aliphatic heterocycles. The maximum Gasteiger partial charge on any atom is 0.0824 e. The average molecular weight is 288 g/mol. The second-order valence-corrected chi connectivity index (χ2v) is 4.23. The number of aromatic nitrogens is 3. The van der Waals surface area contributed by atoms with E-state index in [0.717, 1.165) is 15.9 Å². The van der Waals surface area contributed by atoms with E-state index in [0.29, 0.717) is 11.6 Å². The first-order chi connectivity index (χ1) is 7.22. The predicted octanol–water partition coefficient (Wildman–Crippen LogP) is 2.14. The largest absolute Gasteiger partial charge is 0.325 e. The van der Waals surface area contributed by atoms with Gasteiger partial charge in [0.15, 0.2) is 0 Å². The number of nitrogens with zero attached hydrogens (tertiary/aromatic N) is 3. The van der Waals surface area contributed by atoms with Gasteiger partial charge in [0.2, 0.25) is 0 Å². The molecule has 2 rings (SSSR count).